The second-order valence-corrected chi connectivity index (χ2v) is 20.2. The van der Waals surface area contributed by atoms with Crippen molar-refractivity contribution in [3.8, 4) is 0 Å². The molecule has 8 atom stereocenters. The largest absolute Gasteiger partial charge is 0.481 e. The van der Waals surface area contributed by atoms with Crippen LogP contribution < -0.4 is 11.4 Å². The molecule has 0 bridgehead atoms. The first-order chi connectivity index (χ1) is 36.1. The van der Waals surface area contributed by atoms with Gasteiger partial charge in [-0.05, 0) is 89.5 Å². The van der Waals surface area contributed by atoms with Gasteiger partial charge in [-0.1, -0.05) is 148 Å². The summed E-state index contributed by atoms with van der Waals surface area (Å²) in [4.78, 5) is 61.9. The number of nitrogens with zero attached hydrogens (tertiary/aromatic N) is 2. The zero-order chi connectivity index (χ0) is 55.0. The maximum Gasteiger partial charge on any atom is 0.481 e. The number of esters is 2. The number of nitrogens with two attached hydrogens (primary N) is 1. The molecule has 1 aliphatic rings. The summed E-state index contributed by atoms with van der Waals surface area (Å²) in [7, 11) is -10.9. The number of aliphatic hydroxyl groups is 3. The smallest absolute Gasteiger partial charge is 0.462 e. The van der Waals surface area contributed by atoms with E-state index in [1.54, 1.807) is 12.2 Å². The summed E-state index contributed by atoms with van der Waals surface area (Å²) >= 11 is 0. The maximum absolute atomic E-state index is 12.9. The van der Waals surface area contributed by atoms with Crippen LogP contribution in [0.3, 0.4) is 0 Å². The Kier molecular flexibility index (Phi) is 35.7. The van der Waals surface area contributed by atoms with Crippen molar-refractivity contribution in [2.75, 3.05) is 25.6 Å². The standard InChI is InChI=1S/C54H81N3O16P2/c1-3-5-7-8-9-10-11-12-13-14-15-16-17-18-23-26-29-32-35-39-50(60)71-46(42-68-49(59)38-34-31-28-25-22-20-19-21-24-27-30-33-37-45(58)36-6-4-2)43-69-74(64,65)73-75(66,67)70-44-47-51(61)52(62)53(72-47)57-41-40-48(55)56-54(57)63/h6,9-10,12-13,15-16,18-20,23-25,27-30,32-33,36,40-41,45-47,51-53,58,61-62H,3-5,7-8,11,14,17,21-22,26,31,34-35,37-39,42-44H2,1-2H3,(H,64,65)(H,66,67)(H2,55,56,63)/b10-9-,13-12-,16-15-,20-19-,23-18-,27-24-,28-25-,32-29-,33-30+,36-6-/t45?,46-,47-,51-,52-,53-/m1/s1. The molecule has 2 heterocycles. The van der Waals surface area contributed by atoms with E-state index in [-0.39, 0.29) is 18.7 Å². The third kappa shape index (κ3) is 33.0. The molecule has 0 spiro atoms. The quantitative estimate of drug-likeness (QED) is 0.0117. The van der Waals surface area contributed by atoms with Crippen molar-refractivity contribution < 1.29 is 71.4 Å². The summed E-state index contributed by atoms with van der Waals surface area (Å²) in [5.74, 6) is -1.51. The summed E-state index contributed by atoms with van der Waals surface area (Å²) in [5.41, 5.74) is 4.57. The fraction of sp³-hybridized carbons (Fsp3) is 0.519. The van der Waals surface area contributed by atoms with Gasteiger partial charge in [0.1, 0.15) is 30.7 Å². The van der Waals surface area contributed by atoms with E-state index >= 15 is 0 Å². The summed E-state index contributed by atoms with van der Waals surface area (Å²) < 4.78 is 56.6. The van der Waals surface area contributed by atoms with Crippen molar-refractivity contribution in [1.29, 1.82) is 0 Å². The average Bonchev–Trinajstić information content (AvgIpc) is 3.65. The highest BCUT2D eigenvalue weighted by Gasteiger charge is 2.46. The Hall–Kier alpha value is -4.88. The molecule has 1 aromatic heterocycles. The van der Waals surface area contributed by atoms with Crippen molar-refractivity contribution in [1.82, 2.24) is 9.55 Å². The monoisotopic (exact) mass is 1090 g/mol. The van der Waals surface area contributed by atoms with Gasteiger partial charge in [0.15, 0.2) is 12.3 Å². The molecule has 0 aromatic carbocycles. The second-order valence-electron chi connectivity index (χ2n) is 17.1. The number of hydrogen-bond donors (Lipinski definition) is 6. The summed E-state index contributed by atoms with van der Waals surface area (Å²) in [6.07, 6.45) is 45.0. The van der Waals surface area contributed by atoms with E-state index in [2.05, 4.69) is 52.7 Å². The Bertz CT molecular complexity index is 2250. The highest BCUT2D eigenvalue weighted by Crippen LogP contribution is 2.60. The lowest BCUT2D eigenvalue weighted by atomic mass is 10.1. The van der Waals surface area contributed by atoms with Crippen LogP contribution in [0.2, 0.25) is 0 Å². The van der Waals surface area contributed by atoms with Gasteiger partial charge < -0.3 is 45.1 Å². The average molecular weight is 1090 g/mol. The maximum atomic E-state index is 12.9. The number of aromatic nitrogens is 2. The number of nitrogen functional groups attached to an aromatic ring is 1. The molecule has 2 rings (SSSR count). The number of ether oxygens (including phenoxy) is 3. The first-order valence-electron chi connectivity index (χ1n) is 25.7. The van der Waals surface area contributed by atoms with Crippen LogP contribution in [0.15, 0.2) is 139 Å². The van der Waals surface area contributed by atoms with Crippen LogP contribution in [-0.2, 0) is 46.3 Å². The molecule has 1 aromatic rings. The number of anilines is 1. The Morgan fingerprint density at radius 3 is 1.88 bits per heavy atom. The van der Waals surface area contributed by atoms with Crippen molar-refractivity contribution in [3.63, 3.8) is 0 Å². The third-order valence-corrected chi connectivity index (χ3v) is 13.2. The molecule has 21 heteroatoms. The van der Waals surface area contributed by atoms with Gasteiger partial charge >= 0.3 is 33.3 Å². The van der Waals surface area contributed by atoms with Crippen molar-refractivity contribution in [2.24, 2.45) is 0 Å². The summed E-state index contributed by atoms with van der Waals surface area (Å²) in [5, 5.41) is 30.7. The van der Waals surface area contributed by atoms with Crippen molar-refractivity contribution >= 4 is 33.4 Å². The number of phosphoric ester groups is 2. The molecule has 0 saturated carbocycles. The molecule has 0 aliphatic carbocycles. The number of carbonyl (C=O) groups is 2. The van der Waals surface area contributed by atoms with E-state index in [4.69, 9.17) is 29.0 Å². The van der Waals surface area contributed by atoms with Crippen molar-refractivity contribution in [2.45, 2.75) is 160 Å². The van der Waals surface area contributed by atoms with E-state index in [1.807, 2.05) is 79.8 Å². The highest BCUT2D eigenvalue weighted by atomic mass is 31.3. The summed E-state index contributed by atoms with van der Waals surface area (Å²) in [6, 6.07) is 1.23. The fourth-order valence-corrected chi connectivity index (χ4v) is 8.75. The molecule has 0 radical (unpaired) electrons. The zero-order valence-electron chi connectivity index (χ0n) is 43.4. The van der Waals surface area contributed by atoms with Gasteiger partial charge in [-0.2, -0.15) is 9.29 Å². The van der Waals surface area contributed by atoms with Gasteiger partial charge in [0.2, 0.25) is 0 Å². The lowest BCUT2D eigenvalue weighted by Gasteiger charge is -2.21. The van der Waals surface area contributed by atoms with Gasteiger partial charge in [-0.25, -0.2) is 13.9 Å². The first-order valence-corrected chi connectivity index (χ1v) is 28.6. The van der Waals surface area contributed by atoms with E-state index in [0.29, 0.717) is 38.5 Å². The van der Waals surface area contributed by atoms with Gasteiger partial charge in [-0.15, -0.1) is 0 Å². The van der Waals surface area contributed by atoms with E-state index in [9.17, 15) is 48.6 Å². The minimum absolute atomic E-state index is 0.00753. The van der Waals surface area contributed by atoms with Crippen LogP contribution in [-0.4, -0.2) is 96.9 Å². The molecule has 75 heavy (non-hydrogen) atoms. The van der Waals surface area contributed by atoms with Gasteiger partial charge in [0, 0.05) is 19.0 Å². The minimum atomic E-state index is -5.47. The topological polar surface area (TPSA) is 286 Å². The lowest BCUT2D eigenvalue weighted by Crippen LogP contribution is -2.36. The number of unbranched alkanes of at least 4 members (excludes halogenated alkanes) is 4. The number of phosphoric acid groups is 2. The molecule has 0 amide bonds. The van der Waals surface area contributed by atoms with E-state index in [0.717, 1.165) is 49.3 Å². The number of hydrogen-bond acceptors (Lipinski definition) is 16. The van der Waals surface area contributed by atoms with Crippen LogP contribution in [0.4, 0.5) is 5.82 Å². The Balaban J connectivity index is 1.87. The van der Waals surface area contributed by atoms with Crippen LogP contribution in [0, 0.1) is 0 Å². The number of carbonyl (C=O) groups excluding carboxylic acids is 2. The zero-order valence-corrected chi connectivity index (χ0v) is 45.2. The molecule has 7 N–H and O–H groups in total. The number of rotatable bonds is 40. The predicted molar refractivity (Wildman–Crippen MR) is 290 cm³/mol. The van der Waals surface area contributed by atoms with Crippen LogP contribution >= 0.6 is 15.6 Å². The molecule has 19 nitrogen and oxygen atoms in total. The van der Waals surface area contributed by atoms with E-state index < -0.39 is 89.8 Å². The summed E-state index contributed by atoms with van der Waals surface area (Å²) in [6.45, 7) is 1.74. The molecule has 3 unspecified atom stereocenters. The third-order valence-electron chi connectivity index (χ3n) is 10.6. The number of allylic oxidation sites excluding steroid dienone is 18. The Morgan fingerprint density at radius 1 is 0.720 bits per heavy atom. The fourth-order valence-electron chi connectivity index (χ4n) is 6.64. The first kappa shape index (κ1) is 66.2. The molecule has 1 aliphatic heterocycles. The normalized spacial score (nSPS) is 20.2. The molecular weight excluding hydrogens is 1010 g/mol. The Labute approximate surface area is 442 Å². The van der Waals surface area contributed by atoms with Crippen LogP contribution in [0.1, 0.15) is 129 Å². The van der Waals surface area contributed by atoms with E-state index in [1.165, 1.54) is 25.3 Å². The van der Waals surface area contributed by atoms with Crippen molar-refractivity contribution in [3.05, 3.63) is 144 Å². The molecule has 1 saturated heterocycles. The van der Waals surface area contributed by atoms with Gasteiger partial charge in [0.25, 0.3) is 0 Å². The van der Waals surface area contributed by atoms with Gasteiger partial charge in [-0.3, -0.25) is 23.2 Å². The Morgan fingerprint density at radius 2 is 1.28 bits per heavy atom. The predicted octanol–water partition coefficient (Wildman–Crippen LogP) is 9.74. The second kappa shape index (κ2) is 40.4. The number of aliphatic hydroxyl groups excluding tert-OH is 3. The molecular formula is C54H81N3O16P2. The lowest BCUT2D eigenvalue weighted by molar-refractivity contribution is -0.161. The SMILES string of the molecule is CC/C=C\C(O)C/C=C/C=C\C/C=C\C/C=C\CCCC(=O)OC[C@H](COP(=O)(O)OP(=O)(O)OC[C@H]1O[C@@H](n2ccc(N)nc2=O)[C@H](O)[C@@H]1O)OC(=O)CC/C=C\C/C=C\C/C=C\C/C=C\C/C=C\CCCCC. The molecule has 418 valence electrons. The highest BCUT2D eigenvalue weighted by molar-refractivity contribution is 7.61. The van der Waals surface area contributed by atoms with Gasteiger partial charge in [0.05, 0.1) is 19.3 Å². The molecule has 1 fully saturated rings. The van der Waals surface area contributed by atoms with Crippen LogP contribution in [0.5, 0.6) is 0 Å². The minimum Gasteiger partial charge on any atom is -0.462 e. The van der Waals surface area contributed by atoms with Crippen LogP contribution in [0.25, 0.3) is 0 Å².